The molecule has 0 radical (unpaired) electrons. The van der Waals surface area contributed by atoms with Crippen LogP contribution in [0.4, 0.5) is 0 Å². The third kappa shape index (κ3) is 1.66. The van der Waals surface area contributed by atoms with Crippen molar-refractivity contribution >= 4 is 0 Å². The third-order valence-electron chi connectivity index (χ3n) is 2.95. The lowest BCUT2D eigenvalue weighted by molar-refractivity contribution is 0.475. The summed E-state index contributed by atoms with van der Waals surface area (Å²) in [6.07, 6.45) is 0. The molecule has 3 nitrogen and oxygen atoms in total. The van der Waals surface area contributed by atoms with E-state index in [2.05, 4.69) is 0 Å². The van der Waals surface area contributed by atoms with Crippen molar-refractivity contribution in [3.8, 4) is 33.8 Å². The fraction of sp³-hybridized carbons (Fsp3) is 0. The molecule has 3 heteroatoms. The minimum Gasteiger partial charge on any atom is -0.508 e. The van der Waals surface area contributed by atoms with Crippen molar-refractivity contribution in [2.24, 2.45) is 0 Å². The van der Waals surface area contributed by atoms with Crippen LogP contribution in [-0.4, -0.2) is 10.2 Å². The highest BCUT2D eigenvalue weighted by Gasteiger charge is 2.24. The number of rotatable bonds is 2. The fourth-order valence-corrected chi connectivity index (χ4v) is 1.98. The van der Waals surface area contributed by atoms with Crippen molar-refractivity contribution in [1.29, 1.82) is 0 Å². The van der Waals surface area contributed by atoms with Crippen LogP contribution in [0.1, 0.15) is 0 Å². The Morgan fingerprint density at radius 2 is 0.944 bits per heavy atom. The van der Waals surface area contributed by atoms with Crippen LogP contribution >= 0.6 is 0 Å². The van der Waals surface area contributed by atoms with E-state index in [9.17, 15) is 15.0 Å². The van der Waals surface area contributed by atoms with Crippen molar-refractivity contribution in [2.45, 2.75) is 0 Å². The van der Waals surface area contributed by atoms with E-state index in [4.69, 9.17) is 0 Å². The molecule has 0 spiro atoms. The van der Waals surface area contributed by atoms with Crippen molar-refractivity contribution in [1.82, 2.24) is 0 Å². The predicted octanol–water partition coefficient (Wildman–Crippen LogP) is 2.67. The summed E-state index contributed by atoms with van der Waals surface area (Å²) in [5.41, 5.74) is 2.99. The van der Waals surface area contributed by atoms with Crippen LogP contribution in [0.15, 0.2) is 53.3 Å². The third-order valence-corrected chi connectivity index (χ3v) is 2.95. The Labute approximate surface area is 103 Å². The molecule has 18 heavy (non-hydrogen) atoms. The van der Waals surface area contributed by atoms with Crippen LogP contribution in [0.5, 0.6) is 11.5 Å². The number of phenols is 2. The largest absolute Gasteiger partial charge is 0.508 e. The van der Waals surface area contributed by atoms with Crippen molar-refractivity contribution < 1.29 is 10.2 Å². The van der Waals surface area contributed by atoms with Gasteiger partial charge in [0.15, 0.2) is 5.43 Å². The van der Waals surface area contributed by atoms with Crippen molar-refractivity contribution in [3.63, 3.8) is 0 Å². The van der Waals surface area contributed by atoms with Gasteiger partial charge in [-0.15, -0.1) is 0 Å². The van der Waals surface area contributed by atoms with Crippen LogP contribution in [0.3, 0.4) is 0 Å². The molecule has 88 valence electrons. The van der Waals surface area contributed by atoms with E-state index in [-0.39, 0.29) is 16.9 Å². The molecule has 0 aliphatic carbocycles. The van der Waals surface area contributed by atoms with Crippen molar-refractivity contribution in [3.05, 3.63) is 58.8 Å². The molecule has 0 aliphatic rings. The minimum atomic E-state index is 0.0198. The maximum atomic E-state index is 11.8. The lowest BCUT2D eigenvalue weighted by Crippen LogP contribution is -1.77. The van der Waals surface area contributed by atoms with Crippen LogP contribution in [0.25, 0.3) is 22.3 Å². The topological polar surface area (TPSA) is 57.5 Å². The molecule has 0 heterocycles. The van der Waals surface area contributed by atoms with Gasteiger partial charge >= 0.3 is 0 Å². The molecular weight excluding hydrogens is 228 g/mol. The highest BCUT2D eigenvalue weighted by molar-refractivity contribution is 5.94. The van der Waals surface area contributed by atoms with Crippen LogP contribution < -0.4 is 5.43 Å². The second kappa shape index (κ2) is 3.74. The highest BCUT2D eigenvalue weighted by atomic mass is 16.3. The van der Waals surface area contributed by atoms with E-state index < -0.39 is 0 Å². The molecule has 0 saturated carbocycles. The molecule has 2 N–H and O–H groups in total. The molecule has 0 saturated heterocycles. The Morgan fingerprint density at radius 1 is 0.611 bits per heavy atom. The van der Waals surface area contributed by atoms with Gasteiger partial charge in [0.2, 0.25) is 0 Å². The molecule has 3 rings (SSSR count). The monoisotopic (exact) mass is 238 g/mol. The first-order chi connectivity index (χ1) is 8.66. The average molecular weight is 238 g/mol. The Kier molecular flexibility index (Phi) is 2.20. The van der Waals surface area contributed by atoms with Crippen molar-refractivity contribution in [2.75, 3.05) is 0 Å². The second-order valence-electron chi connectivity index (χ2n) is 4.17. The van der Waals surface area contributed by atoms with E-state index in [1.54, 1.807) is 48.5 Å². The summed E-state index contributed by atoms with van der Waals surface area (Å²) in [5, 5.41) is 18.4. The zero-order chi connectivity index (χ0) is 12.7. The number of aromatic hydroxyl groups is 2. The van der Waals surface area contributed by atoms with Gasteiger partial charge < -0.3 is 10.2 Å². The van der Waals surface area contributed by atoms with Gasteiger partial charge in [0.1, 0.15) is 11.5 Å². The summed E-state index contributed by atoms with van der Waals surface area (Å²) in [7, 11) is 0. The van der Waals surface area contributed by atoms with E-state index in [0.29, 0.717) is 11.1 Å². The summed E-state index contributed by atoms with van der Waals surface area (Å²) >= 11 is 0. The number of hydrogen-bond donors (Lipinski definition) is 2. The number of phenolic OH excluding ortho intramolecular Hbond substituents is 2. The molecule has 3 aromatic rings. The normalized spacial score (nSPS) is 10.9. The van der Waals surface area contributed by atoms with Gasteiger partial charge in [-0.25, -0.2) is 0 Å². The molecule has 0 aliphatic heterocycles. The van der Waals surface area contributed by atoms with E-state index in [1.807, 2.05) is 0 Å². The smallest absolute Gasteiger partial charge is 0.195 e. The molecular formula is C15H10O3. The second-order valence-corrected chi connectivity index (χ2v) is 4.17. The Hall–Kier alpha value is -2.55. The molecule has 0 aromatic heterocycles. The van der Waals surface area contributed by atoms with Gasteiger partial charge in [-0.1, -0.05) is 24.3 Å². The Balaban J connectivity index is 2.00. The predicted molar refractivity (Wildman–Crippen MR) is 69.3 cm³/mol. The quantitative estimate of drug-likeness (QED) is 0.721. The number of hydrogen-bond acceptors (Lipinski definition) is 3. The zero-order valence-electron chi connectivity index (χ0n) is 9.42. The zero-order valence-corrected chi connectivity index (χ0v) is 9.42. The SMILES string of the molecule is O=c1c(-c2ccc(O)cc2)c1-c1ccc(O)cc1. The first kappa shape index (κ1) is 10.6. The summed E-state index contributed by atoms with van der Waals surface area (Å²) in [4.78, 5) is 11.8. The molecule has 0 bridgehead atoms. The van der Waals surface area contributed by atoms with Crippen LogP contribution in [-0.2, 0) is 0 Å². The maximum Gasteiger partial charge on any atom is 0.195 e. The molecule has 3 aromatic carbocycles. The summed E-state index contributed by atoms with van der Waals surface area (Å²) in [6, 6.07) is 13.1. The highest BCUT2D eigenvalue weighted by Crippen LogP contribution is 2.35. The lowest BCUT2D eigenvalue weighted by Gasteiger charge is -1.95. The lowest BCUT2D eigenvalue weighted by atomic mass is 10.1. The fourth-order valence-electron chi connectivity index (χ4n) is 1.98. The summed E-state index contributed by atoms with van der Waals surface area (Å²) < 4.78 is 0. The van der Waals surface area contributed by atoms with Gasteiger partial charge in [0.05, 0.1) is 0 Å². The standard InChI is InChI=1S/C15H10O3/c16-11-5-1-9(2-6-11)13-14(15(13)18)10-3-7-12(17)8-4-10/h1-8,16-17H. The molecule has 0 atom stereocenters. The van der Waals surface area contributed by atoms with Gasteiger partial charge in [0.25, 0.3) is 0 Å². The van der Waals surface area contributed by atoms with E-state index in [1.165, 1.54) is 0 Å². The maximum absolute atomic E-state index is 11.8. The molecule has 0 unspecified atom stereocenters. The Morgan fingerprint density at radius 3 is 1.28 bits per heavy atom. The summed E-state index contributed by atoms with van der Waals surface area (Å²) in [6.45, 7) is 0. The van der Waals surface area contributed by atoms with Gasteiger partial charge in [0, 0.05) is 11.1 Å². The number of benzene rings is 2. The van der Waals surface area contributed by atoms with Gasteiger partial charge in [-0.2, -0.15) is 0 Å². The van der Waals surface area contributed by atoms with Crippen LogP contribution in [0.2, 0.25) is 0 Å². The molecule has 0 amide bonds. The summed E-state index contributed by atoms with van der Waals surface area (Å²) in [5.74, 6) is 0.359. The van der Waals surface area contributed by atoms with E-state index in [0.717, 1.165) is 11.1 Å². The average Bonchev–Trinajstić information content (AvgIpc) is 3.03. The van der Waals surface area contributed by atoms with Gasteiger partial charge in [-0.3, -0.25) is 4.79 Å². The van der Waals surface area contributed by atoms with Crippen LogP contribution in [0, 0.1) is 0 Å². The minimum absolute atomic E-state index is 0.0198. The first-order valence-electron chi connectivity index (χ1n) is 5.54. The Bertz CT molecular complexity index is 638. The van der Waals surface area contributed by atoms with E-state index >= 15 is 0 Å². The first-order valence-corrected chi connectivity index (χ1v) is 5.54. The molecule has 0 fully saturated rings. The van der Waals surface area contributed by atoms with Gasteiger partial charge in [-0.05, 0) is 35.4 Å².